The number of nitrogen functional groups attached to an aromatic ring is 1. The van der Waals surface area contributed by atoms with Crippen LogP contribution in [0.3, 0.4) is 0 Å². The number of hydrogen-bond acceptors (Lipinski definition) is 2. The molecule has 0 aliphatic heterocycles. The molecule has 1 atom stereocenters. The average Bonchev–Trinajstić information content (AvgIpc) is 2.47. The number of anilines is 1. The molecule has 0 aliphatic rings. The molecule has 0 unspecified atom stereocenters. The van der Waals surface area contributed by atoms with E-state index < -0.39 is 0 Å². The molecule has 104 valence electrons. The van der Waals surface area contributed by atoms with Crippen LogP contribution in [0.5, 0.6) is 0 Å². The van der Waals surface area contributed by atoms with Crippen LogP contribution in [0.1, 0.15) is 29.3 Å². The largest absolute Gasteiger partial charge is 0.399 e. The van der Waals surface area contributed by atoms with Gasteiger partial charge in [-0.15, -0.1) is 0 Å². The van der Waals surface area contributed by atoms with Crippen molar-refractivity contribution in [3.05, 3.63) is 65.7 Å². The Kier molecular flexibility index (Phi) is 4.77. The Labute approximate surface area is 119 Å². The Morgan fingerprint density at radius 2 is 1.75 bits per heavy atom. The van der Waals surface area contributed by atoms with Crippen molar-refractivity contribution < 1.29 is 4.79 Å². The minimum atomic E-state index is -0.0504. The molecule has 0 saturated heterocycles. The van der Waals surface area contributed by atoms with E-state index in [2.05, 4.69) is 17.4 Å². The second kappa shape index (κ2) is 6.75. The van der Waals surface area contributed by atoms with E-state index in [4.69, 9.17) is 5.73 Å². The quantitative estimate of drug-likeness (QED) is 0.819. The highest BCUT2D eigenvalue weighted by Gasteiger charge is 2.09. The Morgan fingerprint density at radius 3 is 2.40 bits per heavy atom. The van der Waals surface area contributed by atoms with E-state index in [1.165, 1.54) is 5.56 Å². The summed E-state index contributed by atoms with van der Waals surface area (Å²) in [5, 5.41) is 3.01. The van der Waals surface area contributed by atoms with E-state index >= 15 is 0 Å². The molecule has 2 rings (SSSR count). The van der Waals surface area contributed by atoms with Gasteiger partial charge >= 0.3 is 0 Å². The fraction of sp³-hybridized carbons (Fsp3) is 0.235. The minimum Gasteiger partial charge on any atom is -0.399 e. The standard InChI is InChI=1S/C17H20N2O/c1-13(7-8-14-5-3-2-4-6-14)19-17(20)15-9-11-16(18)12-10-15/h2-6,9-13H,7-8,18H2,1H3,(H,19,20)/t13-/m1/s1. The molecule has 0 aromatic heterocycles. The number of carbonyl (C=O) groups is 1. The first-order chi connectivity index (χ1) is 9.65. The zero-order valence-electron chi connectivity index (χ0n) is 11.7. The Hall–Kier alpha value is -2.29. The Morgan fingerprint density at radius 1 is 1.10 bits per heavy atom. The van der Waals surface area contributed by atoms with Gasteiger partial charge in [0, 0.05) is 17.3 Å². The van der Waals surface area contributed by atoms with Crippen LogP contribution >= 0.6 is 0 Å². The number of aryl methyl sites for hydroxylation is 1. The molecule has 0 fully saturated rings. The lowest BCUT2D eigenvalue weighted by atomic mass is 10.1. The van der Waals surface area contributed by atoms with E-state index in [9.17, 15) is 4.79 Å². The molecule has 0 saturated carbocycles. The first-order valence-electron chi connectivity index (χ1n) is 6.85. The monoisotopic (exact) mass is 268 g/mol. The van der Waals surface area contributed by atoms with Gasteiger partial charge in [0.2, 0.25) is 0 Å². The highest BCUT2D eigenvalue weighted by Crippen LogP contribution is 2.08. The lowest BCUT2D eigenvalue weighted by Gasteiger charge is -2.14. The summed E-state index contributed by atoms with van der Waals surface area (Å²) in [6, 6.07) is 17.4. The van der Waals surface area contributed by atoms with Crippen molar-refractivity contribution in [2.45, 2.75) is 25.8 Å². The molecule has 0 bridgehead atoms. The summed E-state index contributed by atoms with van der Waals surface area (Å²) >= 11 is 0. The highest BCUT2D eigenvalue weighted by atomic mass is 16.1. The zero-order chi connectivity index (χ0) is 14.4. The number of carbonyl (C=O) groups excluding carboxylic acids is 1. The van der Waals surface area contributed by atoms with Gasteiger partial charge in [-0.25, -0.2) is 0 Å². The highest BCUT2D eigenvalue weighted by molar-refractivity contribution is 5.94. The third-order valence-electron chi connectivity index (χ3n) is 3.26. The van der Waals surface area contributed by atoms with Crippen molar-refractivity contribution in [1.82, 2.24) is 5.32 Å². The topological polar surface area (TPSA) is 55.1 Å². The number of benzene rings is 2. The molecule has 20 heavy (non-hydrogen) atoms. The first-order valence-corrected chi connectivity index (χ1v) is 6.85. The van der Waals surface area contributed by atoms with Crippen LogP contribution in [0.15, 0.2) is 54.6 Å². The first kappa shape index (κ1) is 14.1. The van der Waals surface area contributed by atoms with Gasteiger partial charge in [-0.05, 0) is 49.6 Å². The minimum absolute atomic E-state index is 0.0504. The SMILES string of the molecule is C[C@H](CCc1ccccc1)NC(=O)c1ccc(N)cc1. The molecule has 0 heterocycles. The summed E-state index contributed by atoms with van der Waals surface area (Å²) in [5.41, 5.74) is 8.21. The maximum atomic E-state index is 12.0. The molecule has 3 heteroatoms. The molecule has 0 radical (unpaired) electrons. The Balaban J connectivity index is 1.83. The fourth-order valence-corrected chi connectivity index (χ4v) is 2.04. The summed E-state index contributed by atoms with van der Waals surface area (Å²) in [7, 11) is 0. The van der Waals surface area contributed by atoms with E-state index in [-0.39, 0.29) is 11.9 Å². The summed E-state index contributed by atoms with van der Waals surface area (Å²) in [5.74, 6) is -0.0504. The van der Waals surface area contributed by atoms with Crippen molar-refractivity contribution in [3.63, 3.8) is 0 Å². The molecule has 0 aliphatic carbocycles. The number of hydrogen-bond donors (Lipinski definition) is 2. The maximum Gasteiger partial charge on any atom is 0.251 e. The van der Waals surface area contributed by atoms with Gasteiger partial charge < -0.3 is 11.1 Å². The summed E-state index contributed by atoms with van der Waals surface area (Å²) in [4.78, 5) is 12.0. The second-order valence-corrected chi connectivity index (χ2v) is 5.02. The molecule has 1 amide bonds. The van der Waals surface area contributed by atoms with Crippen molar-refractivity contribution in [2.75, 3.05) is 5.73 Å². The summed E-state index contributed by atoms with van der Waals surface area (Å²) in [6.07, 6.45) is 1.88. The van der Waals surface area contributed by atoms with Crippen LogP contribution in [0.4, 0.5) is 5.69 Å². The lowest BCUT2D eigenvalue weighted by Crippen LogP contribution is -2.32. The number of amides is 1. The zero-order valence-corrected chi connectivity index (χ0v) is 11.7. The van der Waals surface area contributed by atoms with E-state index in [0.29, 0.717) is 11.3 Å². The van der Waals surface area contributed by atoms with Crippen LogP contribution in [-0.2, 0) is 6.42 Å². The normalized spacial score (nSPS) is 11.8. The average molecular weight is 268 g/mol. The summed E-state index contributed by atoms with van der Waals surface area (Å²) < 4.78 is 0. The van der Waals surface area contributed by atoms with Gasteiger partial charge in [-0.2, -0.15) is 0 Å². The summed E-state index contributed by atoms with van der Waals surface area (Å²) in [6.45, 7) is 2.03. The molecule has 0 spiro atoms. The van der Waals surface area contributed by atoms with Crippen molar-refractivity contribution in [1.29, 1.82) is 0 Å². The number of nitrogens with two attached hydrogens (primary N) is 1. The predicted octanol–water partition coefficient (Wildman–Crippen LogP) is 3.02. The predicted molar refractivity (Wildman–Crippen MR) is 82.5 cm³/mol. The molecule has 2 aromatic carbocycles. The van der Waals surface area contributed by atoms with E-state index in [0.717, 1.165) is 12.8 Å². The maximum absolute atomic E-state index is 12.0. The van der Waals surface area contributed by atoms with Crippen LogP contribution in [0.2, 0.25) is 0 Å². The smallest absolute Gasteiger partial charge is 0.251 e. The molecular weight excluding hydrogens is 248 g/mol. The molecule has 3 nitrogen and oxygen atoms in total. The van der Waals surface area contributed by atoms with E-state index in [1.54, 1.807) is 24.3 Å². The third kappa shape index (κ3) is 4.12. The lowest BCUT2D eigenvalue weighted by molar-refractivity contribution is 0.0938. The van der Waals surface area contributed by atoms with Gasteiger partial charge in [-0.3, -0.25) is 4.79 Å². The number of nitrogens with one attached hydrogen (secondary N) is 1. The van der Waals surface area contributed by atoms with Gasteiger partial charge in [0.15, 0.2) is 0 Å². The van der Waals surface area contributed by atoms with Crippen molar-refractivity contribution in [2.24, 2.45) is 0 Å². The molecule has 3 N–H and O–H groups in total. The second-order valence-electron chi connectivity index (χ2n) is 5.02. The van der Waals surface area contributed by atoms with Crippen molar-refractivity contribution in [3.8, 4) is 0 Å². The van der Waals surface area contributed by atoms with Gasteiger partial charge in [-0.1, -0.05) is 30.3 Å². The Bertz CT molecular complexity index is 549. The fourth-order valence-electron chi connectivity index (χ4n) is 2.04. The third-order valence-corrected chi connectivity index (χ3v) is 3.26. The van der Waals surface area contributed by atoms with Crippen LogP contribution in [-0.4, -0.2) is 11.9 Å². The van der Waals surface area contributed by atoms with Gasteiger partial charge in [0.1, 0.15) is 0 Å². The van der Waals surface area contributed by atoms with Crippen LogP contribution < -0.4 is 11.1 Å². The van der Waals surface area contributed by atoms with Crippen molar-refractivity contribution >= 4 is 11.6 Å². The molecule has 2 aromatic rings. The van der Waals surface area contributed by atoms with Crippen LogP contribution in [0, 0.1) is 0 Å². The molecular formula is C17H20N2O. The van der Waals surface area contributed by atoms with Crippen LogP contribution in [0.25, 0.3) is 0 Å². The van der Waals surface area contributed by atoms with E-state index in [1.807, 2.05) is 25.1 Å². The van der Waals surface area contributed by atoms with Gasteiger partial charge in [0.25, 0.3) is 5.91 Å². The van der Waals surface area contributed by atoms with Gasteiger partial charge in [0.05, 0.1) is 0 Å². The number of rotatable bonds is 5.